The molecule has 2 aliphatic rings. The summed E-state index contributed by atoms with van der Waals surface area (Å²) in [5.41, 5.74) is 3.46. The Balaban J connectivity index is 1.29. The second kappa shape index (κ2) is 12.3. The molecule has 0 radical (unpaired) electrons. The van der Waals surface area contributed by atoms with Crippen molar-refractivity contribution in [2.75, 3.05) is 41.8 Å². The molecule has 1 saturated heterocycles. The van der Waals surface area contributed by atoms with Crippen LogP contribution in [0.1, 0.15) is 44.8 Å². The molecule has 2 unspecified atom stereocenters. The number of amides is 1. The third-order valence-electron chi connectivity index (χ3n) is 6.90. The lowest BCUT2D eigenvalue weighted by Gasteiger charge is -2.15. The van der Waals surface area contributed by atoms with E-state index >= 15 is 0 Å². The second-order valence-corrected chi connectivity index (χ2v) is 9.24. The molecule has 216 valence electrons. The Labute approximate surface area is 237 Å². The Morgan fingerprint density at radius 1 is 0.878 bits per heavy atom. The molecule has 1 fully saturated rings. The summed E-state index contributed by atoms with van der Waals surface area (Å²) in [6.07, 6.45) is -0.864. The maximum absolute atomic E-state index is 12.7. The first-order valence-electron chi connectivity index (χ1n) is 12.9. The number of alkyl carbamates (subject to hydrolysis) is 1. The topological polar surface area (TPSA) is 123 Å². The summed E-state index contributed by atoms with van der Waals surface area (Å²) in [7, 11) is 5.86. The fourth-order valence-corrected chi connectivity index (χ4v) is 4.78. The van der Waals surface area contributed by atoms with Gasteiger partial charge in [0.2, 0.25) is 6.79 Å². The van der Waals surface area contributed by atoms with Gasteiger partial charge >= 0.3 is 12.1 Å². The van der Waals surface area contributed by atoms with E-state index in [9.17, 15) is 9.59 Å². The van der Waals surface area contributed by atoms with E-state index in [4.69, 9.17) is 37.9 Å². The molecule has 0 aromatic heterocycles. The molecule has 2 aliphatic heterocycles. The summed E-state index contributed by atoms with van der Waals surface area (Å²) in [5, 5.41) is 2.79. The number of nitrogens with one attached hydrogen (secondary N) is 1. The summed E-state index contributed by atoms with van der Waals surface area (Å²) in [4.78, 5) is 25.1. The summed E-state index contributed by atoms with van der Waals surface area (Å²) in [6.45, 7) is 0.567. The maximum atomic E-state index is 12.7. The summed E-state index contributed by atoms with van der Waals surface area (Å²) < 4.78 is 43.7. The van der Waals surface area contributed by atoms with E-state index in [1.165, 1.54) is 21.3 Å². The highest BCUT2D eigenvalue weighted by Crippen LogP contribution is 2.56. The summed E-state index contributed by atoms with van der Waals surface area (Å²) in [5.74, 6) is 2.06. The number of carbonyl (C=O) groups excluding carboxylic acids is 2. The molecule has 0 spiro atoms. The Kier molecular flexibility index (Phi) is 8.34. The Morgan fingerprint density at radius 2 is 1.61 bits per heavy atom. The molecule has 41 heavy (non-hydrogen) atoms. The molecule has 11 nitrogen and oxygen atoms in total. The Hall–Kier alpha value is -4.64. The molecule has 2 atom stereocenters. The van der Waals surface area contributed by atoms with E-state index in [0.717, 1.165) is 22.4 Å². The SMILES string of the molecule is COC(=O)c1c(C2OC2c2cc3c(cc2CCNC(=O)OCc2ccc(OC)cc2)OCO3)ccc(OC)c1OC. The molecule has 11 heteroatoms. The predicted molar refractivity (Wildman–Crippen MR) is 145 cm³/mol. The third kappa shape index (κ3) is 5.94. The smallest absolute Gasteiger partial charge is 0.407 e. The summed E-state index contributed by atoms with van der Waals surface area (Å²) >= 11 is 0. The number of methoxy groups -OCH3 is 4. The van der Waals surface area contributed by atoms with Gasteiger partial charge in [0.25, 0.3) is 0 Å². The largest absolute Gasteiger partial charge is 0.497 e. The number of hydrogen-bond acceptors (Lipinski definition) is 10. The van der Waals surface area contributed by atoms with Gasteiger partial charge in [0.05, 0.1) is 28.4 Å². The normalized spacial score (nSPS) is 16.5. The Morgan fingerprint density at radius 3 is 2.29 bits per heavy atom. The third-order valence-corrected chi connectivity index (χ3v) is 6.90. The van der Waals surface area contributed by atoms with Crippen molar-refractivity contribution in [1.82, 2.24) is 5.32 Å². The van der Waals surface area contributed by atoms with Gasteiger partial charge in [-0.1, -0.05) is 18.2 Å². The van der Waals surface area contributed by atoms with Crippen LogP contribution < -0.4 is 29.0 Å². The number of esters is 1. The van der Waals surface area contributed by atoms with Crippen LogP contribution in [-0.4, -0.2) is 53.8 Å². The van der Waals surface area contributed by atoms with Crippen LogP contribution in [0, 0.1) is 0 Å². The number of carbonyl (C=O) groups is 2. The van der Waals surface area contributed by atoms with Crippen molar-refractivity contribution in [2.45, 2.75) is 25.2 Å². The van der Waals surface area contributed by atoms with Crippen LogP contribution in [0.4, 0.5) is 4.79 Å². The zero-order chi connectivity index (χ0) is 28.9. The highest BCUT2D eigenvalue weighted by molar-refractivity contribution is 5.95. The Bertz CT molecular complexity index is 1420. The second-order valence-electron chi connectivity index (χ2n) is 9.24. The van der Waals surface area contributed by atoms with Gasteiger partial charge in [0, 0.05) is 12.1 Å². The van der Waals surface area contributed by atoms with E-state index in [-0.39, 0.29) is 30.8 Å². The van der Waals surface area contributed by atoms with Gasteiger partial charge in [0.1, 0.15) is 30.1 Å². The van der Waals surface area contributed by atoms with E-state index < -0.39 is 18.2 Å². The van der Waals surface area contributed by atoms with Gasteiger partial charge in [-0.3, -0.25) is 0 Å². The van der Waals surface area contributed by atoms with Gasteiger partial charge in [0.15, 0.2) is 23.0 Å². The van der Waals surface area contributed by atoms with Crippen LogP contribution in [0.25, 0.3) is 0 Å². The minimum absolute atomic E-state index is 0.116. The number of fused-ring (bicyclic) bond motifs is 1. The minimum Gasteiger partial charge on any atom is -0.497 e. The first kappa shape index (κ1) is 27.9. The average molecular weight is 566 g/mol. The van der Waals surface area contributed by atoms with Gasteiger partial charge in [-0.05, 0) is 53.4 Å². The molecule has 3 aromatic carbocycles. The molecule has 0 saturated carbocycles. The molecule has 5 rings (SSSR count). The van der Waals surface area contributed by atoms with E-state index in [1.807, 2.05) is 24.3 Å². The van der Waals surface area contributed by atoms with E-state index in [1.54, 1.807) is 31.4 Å². The molecular formula is C30H31NO10. The van der Waals surface area contributed by atoms with Gasteiger partial charge in [-0.15, -0.1) is 0 Å². The average Bonchev–Trinajstić information content (AvgIpc) is 3.67. The quantitative estimate of drug-likeness (QED) is 0.262. The first-order chi connectivity index (χ1) is 20.0. The lowest BCUT2D eigenvalue weighted by atomic mass is 9.94. The first-order valence-corrected chi connectivity index (χ1v) is 12.9. The van der Waals surface area contributed by atoms with Crippen LogP contribution >= 0.6 is 0 Å². The molecule has 0 aliphatic carbocycles. The number of hydrogen-bond donors (Lipinski definition) is 1. The van der Waals surface area contributed by atoms with Crippen LogP contribution in [0.3, 0.4) is 0 Å². The van der Waals surface area contributed by atoms with E-state index in [2.05, 4.69) is 5.32 Å². The van der Waals surface area contributed by atoms with Crippen LogP contribution in [0.5, 0.6) is 28.7 Å². The number of rotatable bonds is 11. The van der Waals surface area contributed by atoms with Crippen molar-refractivity contribution in [3.8, 4) is 28.7 Å². The lowest BCUT2D eigenvalue weighted by molar-refractivity contribution is 0.0594. The fraction of sp³-hybridized carbons (Fsp3) is 0.333. The number of benzene rings is 3. The maximum Gasteiger partial charge on any atom is 0.407 e. The fourth-order valence-electron chi connectivity index (χ4n) is 4.78. The minimum atomic E-state index is -0.562. The van der Waals surface area contributed by atoms with Gasteiger partial charge in [-0.25, -0.2) is 9.59 Å². The van der Waals surface area contributed by atoms with Gasteiger partial charge in [-0.2, -0.15) is 0 Å². The molecule has 1 amide bonds. The van der Waals surface area contributed by atoms with Crippen molar-refractivity contribution in [1.29, 1.82) is 0 Å². The van der Waals surface area contributed by atoms with Crippen molar-refractivity contribution < 1.29 is 47.5 Å². The zero-order valence-corrected chi connectivity index (χ0v) is 23.2. The highest BCUT2D eigenvalue weighted by atomic mass is 16.7. The van der Waals surface area contributed by atoms with E-state index in [0.29, 0.717) is 35.8 Å². The molecule has 3 aromatic rings. The lowest BCUT2D eigenvalue weighted by Crippen LogP contribution is -2.26. The molecule has 1 N–H and O–H groups in total. The van der Waals surface area contributed by atoms with Crippen molar-refractivity contribution in [3.05, 3.63) is 76.3 Å². The van der Waals surface area contributed by atoms with Crippen molar-refractivity contribution in [2.24, 2.45) is 0 Å². The zero-order valence-electron chi connectivity index (χ0n) is 23.2. The molecule has 2 heterocycles. The molecule has 0 bridgehead atoms. The van der Waals surface area contributed by atoms with Gasteiger partial charge < -0.3 is 43.2 Å². The number of epoxide rings is 1. The predicted octanol–water partition coefficient (Wildman–Crippen LogP) is 4.51. The van der Waals surface area contributed by atoms with Crippen molar-refractivity contribution in [3.63, 3.8) is 0 Å². The monoisotopic (exact) mass is 565 g/mol. The van der Waals surface area contributed by atoms with Crippen LogP contribution in [-0.2, 0) is 27.2 Å². The number of ether oxygens (including phenoxy) is 8. The molecular weight excluding hydrogens is 534 g/mol. The highest BCUT2D eigenvalue weighted by Gasteiger charge is 2.46. The van der Waals surface area contributed by atoms with Crippen LogP contribution in [0.15, 0.2) is 48.5 Å². The van der Waals surface area contributed by atoms with Crippen LogP contribution in [0.2, 0.25) is 0 Å². The van der Waals surface area contributed by atoms with Crippen molar-refractivity contribution >= 4 is 12.1 Å². The summed E-state index contributed by atoms with van der Waals surface area (Å²) in [6, 6.07) is 14.5. The standard InChI is InChI=1S/C30H31NO10/c1-34-19-7-5-17(6-8-19)15-38-30(33)31-12-11-18-13-23-24(40-16-39-23)14-21(18)27-26(41-27)20-9-10-22(35-2)28(36-3)25(20)29(32)37-4/h5-10,13-14,26-27H,11-12,15-16H2,1-4H3,(H,31,33).